The summed E-state index contributed by atoms with van der Waals surface area (Å²) in [6, 6.07) is 0. The predicted octanol–water partition coefficient (Wildman–Crippen LogP) is 1.91. The van der Waals surface area contributed by atoms with Gasteiger partial charge in [-0.2, -0.15) is 10.2 Å². The van der Waals surface area contributed by atoms with Gasteiger partial charge in [-0.15, -0.1) is 0 Å². The zero-order chi connectivity index (χ0) is 32.0. The number of hydrogen-bond donors (Lipinski definition) is 4. The van der Waals surface area contributed by atoms with Crippen LogP contribution in [0.2, 0.25) is 0 Å². The number of rotatable bonds is 8. The molecule has 248 valence electrons. The Morgan fingerprint density at radius 3 is 1.64 bits per heavy atom. The van der Waals surface area contributed by atoms with Gasteiger partial charge < -0.3 is 30.3 Å². The number of amides is 2. The van der Waals surface area contributed by atoms with Crippen LogP contribution in [0.5, 0.6) is 0 Å². The molecule has 2 saturated heterocycles. The Balaban J connectivity index is 0.000000178. The van der Waals surface area contributed by atoms with Crippen molar-refractivity contribution < 1.29 is 34.1 Å². The molecule has 2 spiro atoms. The third kappa shape index (κ3) is 7.25. The van der Waals surface area contributed by atoms with Crippen LogP contribution in [0.15, 0.2) is 0 Å². The van der Waals surface area contributed by atoms with E-state index in [9.17, 15) is 14.4 Å². The summed E-state index contributed by atoms with van der Waals surface area (Å²) in [7, 11) is 0. The molecule has 6 rings (SSSR count). The van der Waals surface area contributed by atoms with Crippen LogP contribution in [0, 0.1) is 10.8 Å². The summed E-state index contributed by atoms with van der Waals surface area (Å²) in [5.74, 6) is -0.953. The molecule has 2 aromatic heterocycles. The summed E-state index contributed by atoms with van der Waals surface area (Å²) in [6.07, 6.45) is 7.22. The molecular formula is C32H48N6O7. The fourth-order valence-corrected chi connectivity index (χ4v) is 7.20. The van der Waals surface area contributed by atoms with Gasteiger partial charge >= 0.3 is 5.97 Å². The lowest BCUT2D eigenvalue weighted by Crippen LogP contribution is -2.40. The maximum Gasteiger partial charge on any atom is 0.303 e. The van der Waals surface area contributed by atoms with Gasteiger partial charge in [0, 0.05) is 76.8 Å². The summed E-state index contributed by atoms with van der Waals surface area (Å²) in [5, 5.41) is 33.4. The molecule has 13 nitrogen and oxygen atoms in total. The molecule has 0 bridgehead atoms. The van der Waals surface area contributed by atoms with Crippen molar-refractivity contribution in [3.63, 3.8) is 0 Å². The molecule has 13 heteroatoms. The maximum atomic E-state index is 12.5. The lowest BCUT2D eigenvalue weighted by atomic mass is 9.75. The van der Waals surface area contributed by atoms with Gasteiger partial charge in [-0.3, -0.25) is 23.7 Å². The second-order valence-corrected chi connectivity index (χ2v) is 12.8. The van der Waals surface area contributed by atoms with Crippen LogP contribution in [-0.2, 0) is 53.0 Å². The summed E-state index contributed by atoms with van der Waals surface area (Å²) >= 11 is 0. The first-order valence-corrected chi connectivity index (χ1v) is 16.5. The number of hydrogen-bond acceptors (Lipinski definition) is 8. The second kappa shape index (κ2) is 14.4. The Hall–Kier alpha value is -3.29. The van der Waals surface area contributed by atoms with Crippen molar-refractivity contribution in [1.29, 1.82) is 0 Å². The molecule has 2 fully saturated rings. The van der Waals surface area contributed by atoms with E-state index < -0.39 is 5.97 Å². The van der Waals surface area contributed by atoms with E-state index in [4.69, 9.17) is 19.7 Å². The quantitative estimate of drug-likeness (QED) is 0.341. The fraction of sp³-hybridized carbons (Fsp3) is 0.719. The highest BCUT2D eigenvalue weighted by molar-refractivity contribution is 5.95. The molecule has 0 aromatic carbocycles. The Kier molecular flexibility index (Phi) is 10.6. The molecule has 4 N–H and O–H groups in total. The molecule has 45 heavy (non-hydrogen) atoms. The molecule has 6 heterocycles. The third-order valence-electron chi connectivity index (χ3n) is 9.90. The van der Waals surface area contributed by atoms with Gasteiger partial charge in [-0.25, -0.2) is 0 Å². The minimum atomic E-state index is -0.844. The first-order valence-electron chi connectivity index (χ1n) is 16.5. The zero-order valence-electron chi connectivity index (χ0n) is 26.7. The minimum absolute atomic E-state index is 0.00125. The first kappa shape index (κ1) is 33.1. The van der Waals surface area contributed by atoms with Gasteiger partial charge in [0.05, 0.1) is 17.8 Å². The van der Waals surface area contributed by atoms with Crippen LogP contribution in [0.4, 0.5) is 0 Å². The summed E-state index contributed by atoms with van der Waals surface area (Å²) in [5.41, 5.74) is 5.18. The van der Waals surface area contributed by atoms with Crippen molar-refractivity contribution in [2.45, 2.75) is 91.1 Å². The normalized spacial score (nSPS) is 20.2. The Morgan fingerprint density at radius 2 is 1.24 bits per heavy atom. The van der Waals surface area contributed by atoms with E-state index in [-0.39, 0.29) is 35.7 Å². The smallest absolute Gasteiger partial charge is 0.303 e. The van der Waals surface area contributed by atoms with Gasteiger partial charge in [-0.05, 0) is 76.0 Å². The van der Waals surface area contributed by atoms with E-state index in [1.807, 2.05) is 18.5 Å². The maximum absolute atomic E-state index is 12.5. The van der Waals surface area contributed by atoms with Gasteiger partial charge in [0.25, 0.3) is 11.8 Å². The monoisotopic (exact) mass is 628 g/mol. The molecule has 0 atom stereocenters. The predicted molar refractivity (Wildman–Crippen MR) is 164 cm³/mol. The third-order valence-corrected chi connectivity index (χ3v) is 9.90. The first-order chi connectivity index (χ1) is 21.7. The number of carboxylic acids is 1. The largest absolute Gasteiger partial charge is 0.481 e. The molecule has 0 unspecified atom stereocenters. The number of aliphatic carboxylic acids is 1. The molecule has 2 amide bonds. The number of nitrogens with one attached hydrogen (secondary N) is 2. The Morgan fingerprint density at radius 1 is 0.800 bits per heavy atom. The topological polar surface area (TPSA) is 170 Å². The molecule has 0 aliphatic carbocycles. The number of carboxylic acid groups (broad SMARTS) is 1. The molecular weight excluding hydrogens is 580 g/mol. The number of carbonyl (C=O) groups is 3. The van der Waals surface area contributed by atoms with E-state index in [0.717, 1.165) is 86.4 Å². The Bertz CT molecular complexity index is 1370. The fourth-order valence-electron chi connectivity index (χ4n) is 7.20. The second-order valence-electron chi connectivity index (χ2n) is 12.8. The molecule has 0 saturated carbocycles. The van der Waals surface area contributed by atoms with E-state index >= 15 is 0 Å². The van der Waals surface area contributed by atoms with Gasteiger partial charge in [0.2, 0.25) is 0 Å². The highest BCUT2D eigenvalue weighted by atomic mass is 16.5. The minimum Gasteiger partial charge on any atom is -0.481 e. The van der Waals surface area contributed by atoms with Crippen LogP contribution >= 0.6 is 0 Å². The van der Waals surface area contributed by atoms with Crippen molar-refractivity contribution in [3.8, 4) is 0 Å². The van der Waals surface area contributed by atoms with Crippen LogP contribution in [0.1, 0.15) is 95.9 Å². The lowest BCUT2D eigenvalue weighted by molar-refractivity contribution is -0.137. The highest BCUT2D eigenvalue weighted by Crippen LogP contribution is 2.39. The van der Waals surface area contributed by atoms with E-state index in [2.05, 4.69) is 20.8 Å². The van der Waals surface area contributed by atoms with Crippen LogP contribution < -0.4 is 10.6 Å². The van der Waals surface area contributed by atoms with Crippen LogP contribution in [0.25, 0.3) is 0 Å². The highest BCUT2D eigenvalue weighted by Gasteiger charge is 2.41. The number of ether oxygens (including phenoxy) is 2. The average Bonchev–Trinajstić information content (AvgIpc) is 3.49. The van der Waals surface area contributed by atoms with Crippen molar-refractivity contribution in [2.24, 2.45) is 10.8 Å². The number of carbonyl (C=O) groups excluding carboxylic acids is 2. The van der Waals surface area contributed by atoms with Crippen molar-refractivity contribution in [1.82, 2.24) is 30.2 Å². The summed E-state index contributed by atoms with van der Waals surface area (Å²) < 4.78 is 14.5. The average molecular weight is 629 g/mol. The van der Waals surface area contributed by atoms with Gasteiger partial charge in [0.1, 0.15) is 11.4 Å². The van der Waals surface area contributed by atoms with Crippen molar-refractivity contribution in [3.05, 3.63) is 33.9 Å². The number of aliphatic hydroxyl groups is 1. The number of aromatic nitrogens is 4. The van der Waals surface area contributed by atoms with Crippen molar-refractivity contribution in [2.75, 3.05) is 46.1 Å². The summed E-state index contributed by atoms with van der Waals surface area (Å²) in [6.45, 7) is 9.68. The molecule has 4 aliphatic heterocycles. The molecule has 4 aliphatic rings. The van der Waals surface area contributed by atoms with Crippen LogP contribution in [0.3, 0.4) is 0 Å². The van der Waals surface area contributed by atoms with Gasteiger partial charge in [-0.1, -0.05) is 0 Å². The van der Waals surface area contributed by atoms with Crippen LogP contribution in [-0.4, -0.2) is 93.7 Å². The lowest BCUT2D eigenvalue weighted by Gasteiger charge is -2.36. The number of aryl methyl sites for hydroxylation is 4. The number of fused-ring (bicyclic) bond motifs is 2. The standard InChI is InChI=1S/C16H23N3O4.C16H25N3O3/c1-2-19-14-11(12(18-19)3-4-13(20)21)9-16(10-17-15(14)22)5-7-23-8-6-16;1-2-19-14-12(13(18-19)4-3-7-20)10-16(11-17-15(14)21)5-8-22-9-6-16/h2-10H2,1H3,(H,17,22)(H,20,21);20H,2-11H2,1H3,(H,17,21). The Labute approximate surface area is 264 Å². The SMILES string of the molecule is CCn1nc(CCC(=O)O)c2c1C(=O)NCC1(CCOCC1)C2.CCn1nc(CCCO)c2c1C(=O)NCC1(CCOCC1)C2. The summed E-state index contributed by atoms with van der Waals surface area (Å²) in [4.78, 5) is 36.0. The van der Waals surface area contributed by atoms with E-state index in [1.54, 1.807) is 4.68 Å². The molecule has 0 radical (unpaired) electrons. The zero-order valence-corrected chi connectivity index (χ0v) is 26.7. The number of nitrogens with zero attached hydrogens (tertiary/aromatic N) is 4. The van der Waals surface area contributed by atoms with Crippen molar-refractivity contribution >= 4 is 17.8 Å². The van der Waals surface area contributed by atoms with E-state index in [1.165, 1.54) is 0 Å². The van der Waals surface area contributed by atoms with E-state index in [0.29, 0.717) is 57.9 Å². The molecule has 2 aromatic rings. The van der Waals surface area contributed by atoms with Gasteiger partial charge in [0.15, 0.2) is 0 Å². The number of aliphatic hydroxyl groups excluding tert-OH is 1.